The summed E-state index contributed by atoms with van der Waals surface area (Å²) in [6, 6.07) is 21.4. The van der Waals surface area contributed by atoms with E-state index >= 15 is 0 Å². The standard InChI is InChI=1S/C31H31FN2O3/c1-3-36-26-16-8-21(9-17-26)20-24-6-5-7-28-29(24)33-34(31(35)23-10-14-25(32)15-11-23)30(28)22-12-18-27(19-13-22)37-4-2/h8-20,28,30H,3-7H2,1-2H3/b24-20+/t28-,30+/m1/s1. The van der Waals surface area contributed by atoms with Gasteiger partial charge in [0.1, 0.15) is 17.3 Å². The first-order valence-electron chi connectivity index (χ1n) is 12.9. The van der Waals surface area contributed by atoms with Crippen molar-refractivity contribution in [3.8, 4) is 11.5 Å². The summed E-state index contributed by atoms with van der Waals surface area (Å²) in [6.07, 6.45) is 5.02. The highest BCUT2D eigenvalue weighted by atomic mass is 19.1. The third-order valence-corrected chi connectivity index (χ3v) is 6.87. The normalized spacial score (nSPS) is 19.9. The number of hydrazone groups is 1. The fourth-order valence-electron chi connectivity index (χ4n) is 5.18. The number of rotatable bonds is 7. The third-order valence-electron chi connectivity index (χ3n) is 6.87. The Hall–Kier alpha value is -3.93. The maximum atomic E-state index is 13.7. The van der Waals surface area contributed by atoms with Crippen molar-refractivity contribution >= 4 is 17.7 Å². The van der Waals surface area contributed by atoms with Gasteiger partial charge in [0, 0.05) is 11.5 Å². The first-order chi connectivity index (χ1) is 18.1. The van der Waals surface area contributed by atoms with Crippen LogP contribution in [0.15, 0.2) is 83.5 Å². The molecule has 1 heterocycles. The number of nitrogens with zero attached hydrogens (tertiary/aromatic N) is 2. The van der Waals surface area contributed by atoms with E-state index in [-0.39, 0.29) is 23.7 Å². The summed E-state index contributed by atoms with van der Waals surface area (Å²) in [5.74, 6) is 1.10. The van der Waals surface area contributed by atoms with Gasteiger partial charge >= 0.3 is 0 Å². The largest absolute Gasteiger partial charge is 0.494 e. The number of halogens is 1. The van der Waals surface area contributed by atoms with E-state index in [0.717, 1.165) is 53.2 Å². The fourth-order valence-corrected chi connectivity index (χ4v) is 5.18. The van der Waals surface area contributed by atoms with Gasteiger partial charge in [0.05, 0.1) is 25.0 Å². The van der Waals surface area contributed by atoms with Crippen molar-refractivity contribution < 1.29 is 18.7 Å². The summed E-state index contributed by atoms with van der Waals surface area (Å²) < 4.78 is 24.8. The molecule has 0 aromatic heterocycles. The van der Waals surface area contributed by atoms with E-state index < -0.39 is 0 Å². The van der Waals surface area contributed by atoms with Crippen molar-refractivity contribution in [1.82, 2.24) is 5.01 Å². The SMILES string of the molecule is CCOc1ccc(/C=C2\CCC[C@@H]3C2=NN(C(=O)c2ccc(F)cc2)[C@H]3c2ccc(OCC)cc2)cc1. The molecule has 1 fully saturated rings. The van der Waals surface area contributed by atoms with E-state index in [9.17, 15) is 9.18 Å². The average molecular weight is 499 g/mol. The first-order valence-corrected chi connectivity index (χ1v) is 12.9. The summed E-state index contributed by atoms with van der Waals surface area (Å²) in [7, 11) is 0. The highest BCUT2D eigenvalue weighted by Gasteiger charge is 2.44. The number of hydrogen-bond acceptors (Lipinski definition) is 4. The van der Waals surface area contributed by atoms with Gasteiger partial charge in [-0.1, -0.05) is 24.3 Å². The van der Waals surface area contributed by atoms with E-state index in [2.05, 4.69) is 6.08 Å². The van der Waals surface area contributed by atoms with Gasteiger partial charge in [-0.15, -0.1) is 0 Å². The van der Waals surface area contributed by atoms with Crippen molar-refractivity contribution in [3.63, 3.8) is 0 Å². The van der Waals surface area contributed by atoms with Crippen LogP contribution in [-0.2, 0) is 0 Å². The Labute approximate surface area is 217 Å². The van der Waals surface area contributed by atoms with Gasteiger partial charge in [-0.2, -0.15) is 5.10 Å². The molecule has 190 valence electrons. The van der Waals surface area contributed by atoms with Crippen LogP contribution in [0, 0.1) is 11.7 Å². The molecule has 2 aliphatic rings. The molecule has 3 aromatic carbocycles. The fraction of sp³-hybridized carbons (Fsp3) is 0.290. The van der Waals surface area contributed by atoms with E-state index in [4.69, 9.17) is 14.6 Å². The van der Waals surface area contributed by atoms with Gasteiger partial charge in [0.2, 0.25) is 0 Å². The van der Waals surface area contributed by atoms with Gasteiger partial charge in [-0.05, 0) is 104 Å². The number of fused-ring (bicyclic) bond motifs is 1. The Balaban J connectivity index is 1.52. The maximum Gasteiger partial charge on any atom is 0.274 e. The number of amides is 1. The zero-order valence-electron chi connectivity index (χ0n) is 21.2. The van der Waals surface area contributed by atoms with E-state index in [0.29, 0.717) is 18.8 Å². The van der Waals surface area contributed by atoms with Crippen LogP contribution < -0.4 is 9.47 Å². The van der Waals surface area contributed by atoms with Crippen LogP contribution in [0.2, 0.25) is 0 Å². The molecule has 1 saturated carbocycles. The molecule has 37 heavy (non-hydrogen) atoms. The zero-order valence-corrected chi connectivity index (χ0v) is 21.2. The van der Waals surface area contributed by atoms with Crippen LogP contribution in [0.4, 0.5) is 4.39 Å². The van der Waals surface area contributed by atoms with Crippen LogP contribution >= 0.6 is 0 Å². The summed E-state index contributed by atoms with van der Waals surface area (Å²) in [5.41, 5.74) is 4.59. The molecule has 5 nitrogen and oxygen atoms in total. The van der Waals surface area contributed by atoms with Crippen LogP contribution in [-0.4, -0.2) is 29.8 Å². The van der Waals surface area contributed by atoms with Crippen molar-refractivity contribution in [3.05, 3.63) is 101 Å². The van der Waals surface area contributed by atoms with Crippen LogP contribution in [0.1, 0.15) is 60.6 Å². The van der Waals surface area contributed by atoms with Gasteiger partial charge in [-0.3, -0.25) is 4.79 Å². The predicted octanol–water partition coefficient (Wildman–Crippen LogP) is 7.06. The summed E-state index contributed by atoms with van der Waals surface area (Å²) in [4.78, 5) is 13.7. The topological polar surface area (TPSA) is 51.1 Å². The van der Waals surface area contributed by atoms with Crippen LogP contribution in [0.5, 0.6) is 11.5 Å². The smallest absolute Gasteiger partial charge is 0.274 e. The Morgan fingerprint density at radius 3 is 2.19 bits per heavy atom. The minimum atomic E-state index is -0.374. The number of hydrogen-bond donors (Lipinski definition) is 0. The highest BCUT2D eigenvalue weighted by Crippen LogP contribution is 2.45. The van der Waals surface area contributed by atoms with Gasteiger partial charge in [0.15, 0.2) is 0 Å². The number of benzene rings is 3. The molecule has 1 amide bonds. The molecule has 3 aromatic rings. The summed E-state index contributed by atoms with van der Waals surface area (Å²) >= 11 is 0. The molecular formula is C31H31FN2O3. The quantitative estimate of drug-likeness (QED) is 0.350. The van der Waals surface area contributed by atoms with Crippen molar-refractivity contribution in [2.24, 2.45) is 11.0 Å². The molecule has 0 N–H and O–H groups in total. The molecule has 0 unspecified atom stereocenters. The minimum Gasteiger partial charge on any atom is -0.494 e. The molecule has 1 aliphatic carbocycles. The zero-order chi connectivity index (χ0) is 25.8. The lowest BCUT2D eigenvalue weighted by Gasteiger charge is -2.29. The van der Waals surface area contributed by atoms with Crippen molar-refractivity contribution in [2.75, 3.05) is 13.2 Å². The van der Waals surface area contributed by atoms with Crippen LogP contribution in [0.25, 0.3) is 6.08 Å². The van der Waals surface area contributed by atoms with Gasteiger partial charge in [-0.25, -0.2) is 9.40 Å². The third kappa shape index (κ3) is 5.29. The van der Waals surface area contributed by atoms with Crippen molar-refractivity contribution in [2.45, 2.75) is 39.2 Å². The lowest BCUT2D eigenvalue weighted by atomic mass is 9.77. The molecule has 0 saturated heterocycles. The second-order valence-corrected chi connectivity index (χ2v) is 9.26. The molecule has 6 heteroatoms. The van der Waals surface area contributed by atoms with E-state index in [1.165, 1.54) is 24.3 Å². The lowest BCUT2D eigenvalue weighted by molar-refractivity contribution is 0.0681. The number of allylic oxidation sites excluding steroid dienone is 1. The second-order valence-electron chi connectivity index (χ2n) is 9.26. The Bertz CT molecular complexity index is 1300. The molecule has 5 rings (SSSR count). The minimum absolute atomic E-state index is 0.0741. The molecule has 0 spiro atoms. The van der Waals surface area contributed by atoms with Gasteiger partial charge in [0.25, 0.3) is 5.91 Å². The molecule has 1 aliphatic heterocycles. The first kappa shape index (κ1) is 24.8. The molecular weight excluding hydrogens is 467 g/mol. The second kappa shape index (κ2) is 11.0. The van der Waals surface area contributed by atoms with E-state index in [1.807, 2.05) is 62.4 Å². The average Bonchev–Trinajstić information content (AvgIpc) is 3.31. The molecule has 0 bridgehead atoms. The lowest BCUT2D eigenvalue weighted by Crippen LogP contribution is -2.31. The number of carbonyl (C=O) groups excluding carboxylic acids is 1. The molecule has 0 radical (unpaired) electrons. The van der Waals surface area contributed by atoms with Gasteiger partial charge < -0.3 is 9.47 Å². The number of carbonyl (C=O) groups is 1. The summed E-state index contributed by atoms with van der Waals surface area (Å²) in [5, 5.41) is 6.53. The predicted molar refractivity (Wildman–Crippen MR) is 143 cm³/mol. The summed E-state index contributed by atoms with van der Waals surface area (Å²) in [6.45, 7) is 5.14. The van der Waals surface area contributed by atoms with E-state index in [1.54, 1.807) is 5.01 Å². The number of ether oxygens (including phenoxy) is 2. The Morgan fingerprint density at radius 2 is 1.57 bits per heavy atom. The van der Waals surface area contributed by atoms with Crippen molar-refractivity contribution in [1.29, 1.82) is 0 Å². The van der Waals surface area contributed by atoms with Crippen LogP contribution in [0.3, 0.4) is 0 Å². The molecule has 2 atom stereocenters. The Kier molecular flexibility index (Phi) is 7.35. The monoisotopic (exact) mass is 498 g/mol. The Morgan fingerprint density at radius 1 is 0.946 bits per heavy atom. The maximum absolute atomic E-state index is 13.7. The highest BCUT2D eigenvalue weighted by molar-refractivity contribution is 6.09.